The number of rotatable bonds is 0. The van der Waals surface area contributed by atoms with Crippen molar-refractivity contribution in [3.63, 3.8) is 0 Å². The first-order chi connectivity index (χ1) is 3.72. The Bertz CT molecular complexity index is 160. The largest absolute Gasteiger partial charge is 0.458 e. The first-order valence-corrected chi connectivity index (χ1v) is 2.05. The predicted octanol–water partition coefficient (Wildman–Crippen LogP) is 0.490. The molecule has 0 aromatic rings. The summed E-state index contributed by atoms with van der Waals surface area (Å²) in [5.74, 6) is -0.352. The number of hydrogen-bond acceptors (Lipinski definition) is 2. The van der Waals surface area contributed by atoms with Crippen molar-refractivity contribution in [2.45, 2.75) is 6.92 Å². The van der Waals surface area contributed by atoms with E-state index in [2.05, 4.69) is 4.74 Å². The van der Waals surface area contributed by atoms with Crippen molar-refractivity contribution in [2.24, 2.45) is 0 Å². The zero-order chi connectivity index (χ0) is 6.15. The molecule has 1 rings (SSSR count). The van der Waals surface area contributed by atoms with E-state index in [1.54, 1.807) is 6.92 Å². The molecule has 0 saturated carbocycles. The Labute approximate surface area is 43.2 Å². The van der Waals surface area contributed by atoms with Gasteiger partial charge in [-0.05, 0) is 13.0 Å². The fourth-order valence-electron chi connectivity index (χ4n) is 0.390. The summed E-state index contributed by atoms with van der Waals surface area (Å²) in [5, 5.41) is 0. The normalized spacial score (nSPS) is 22.4. The molecule has 0 fully saturated rings. The van der Waals surface area contributed by atoms with Crippen molar-refractivity contribution in [2.75, 3.05) is 6.61 Å². The van der Waals surface area contributed by atoms with Crippen LogP contribution in [0.5, 0.6) is 0 Å². The maximum Gasteiger partial charge on any atom is 0.333 e. The highest BCUT2D eigenvalue weighted by molar-refractivity contribution is 5.89. The second-order valence-corrected chi connectivity index (χ2v) is 1.38. The summed E-state index contributed by atoms with van der Waals surface area (Å²) in [6, 6.07) is 0.301. The molecule has 0 aromatic heterocycles. The minimum Gasteiger partial charge on any atom is -0.458 e. The molecule has 0 atom stereocenters. The molecule has 0 bridgehead atoms. The summed E-state index contributed by atoms with van der Waals surface area (Å²) in [6.07, 6.45) is 0. The van der Waals surface area contributed by atoms with Gasteiger partial charge in [-0.25, -0.2) is 4.79 Å². The van der Waals surface area contributed by atoms with Gasteiger partial charge in [-0.15, -0.1) is 0 Å². The molecule has 0 N–H and O–H groups in total. The van der Waals surface area contributed by atoms with Gasteiger partial charge in [-0.3, -0.25) is 0 Å². The molecule has 1 heterocycles. The lowest BCUT2D eigenvalue weighted by molar-refractivity contribution is -0.135. The maximum absolute atomic E-state index is 10.4. The van der Waals surface area contributed by atoms with Crippen LogP contribution in [0.15, 0.2) is 11.6 Å². The van der Waals surface area contributed by atoms with E-state index in [1.165, 1.54) is 0 Å². The Morgan fingerprint density at radius 3 is 3.00 bits per heavy atom. The molecule has 0 aromatic carbocycles. The highest BCUT2D eigenvalue weighted by Gasteiger charge is 2.09. The molecule has 0 aliphatic carbocycles. The van der Waals surface area contributed by atoms with Gasteiger partial charge in [0, 0.05) is 5.57 Å². The van der Waals surface area contributed by atoms with Gasteiger partial charge in [0.25, 0.3) is 0 Å². The monoisotopic (exact) mass is 99.0 g/mol. The molecular weight excluding hydrogens is 92.1 g/mol. The second-order valence-electron chi connectivity index (χ2n) is 1.38. The van der Waals surface area contributed by atoms with Crippen LogP contribution in [0.2, 0.25) is 0 Å². The molecule has 1 aliphatic heterocycles. The van der Waals surface area contributed by atoms with Crippen LogP contribution >= 0.6 is 0 Å². The van der Waals surface area contributed by atoms with E-state index < -0.39 is 0 Å². The van der Waals surface area contributed by atoms with E-state index in [1.807, 2.05) is 0 Å². The Balaban J connectivity index is 2.86. The van der Waals surface area contributed by atoms with Crippen molar-refractivity contribution in [3.8, 4) is 0 Å². The van der Waals surface area contributed by atoms with E-state index in [4.69, 9.17) is 1.37 Å². The number of esters is 1. The summed E-state index contributed by atoms with van der Waals surface area (Å²) in [5.41, 5.74) is 0.435. The van der Waals surface area contributed by atoms with Crippen molar-refractivity contribution in [1.82, 2.24) is 0 Å². The molecule has 38 valence electrons. The fraction of sp³-hybridized carbons (Fsp3) is 0.400. The Kier molecular flexibility index (Phi) is 0.635. The third-order valence-electron chi connectivity index (χ3n) is 0.847. The lowest BCUT2D eigenvalue weighted by atomic mass is 10.3. The third kappa shape index (κ3) is 0.633. The summed E-state index contributed by atoms with van der Waals surface area (Å²) in [7, 11) is 0. The first kappa shape index (κ1) is 3.24. The van der Waals surface area contributed by atoms with Crippen LogP contribution in [-0.2, 0) is 9.53 Å². The van der Waals surface area contributed by atoms with Crippen molar-refractivity contribution < 1.29 is 10.9 Å². The highest BCUT2D eigenvalue weighted by Crippen LogP contribution is 2.02. The number of carbonyl (C=O) groups excluding carboxylic acids is 1. The van der Waals surface area contributed by atoms with Gasteiger partial charge in [-0.1, -0.05) is 0 Å². The third-order valence-corrected chi connectivity index (χ3v) is 0.847. The molecule has 1 aliphatic rings. The minimum atomic E-state index is -0.352. The number of cyclic esters (lactones) is 1. The quantitative estimate of drug-likeness (QED) is 0.413. The van der Waals surface area contributed by atoms with Gasteiger partial charge < -0.3 is 4.74 Å². The van der Waals surface area contributed by atoms with Crippen molar-refractivity contribution in [1.29, 1.82) is 0 Å². The zero-order valence-corrected chi connectivity index (χ0v) is 4.02. The summed E-state index contributed by atoms with van der Waals surface area (Å²) in [4.78, 5) is 10.4. The lowest BCUT2D eigenvalue weighted by Crippen LogP contribution is -1.94. The molecule has 0 amide bonds. The summed E-state index contributed by atoms with van der Waals surface area (Å²) >= 11 is 0. The van der Waals surface area contributed by atoms with E-state index in [-0.39, 0.29) is 12.6 Å². The van der Waals surface area contributed by atoms with Gasteiger partial charge in [0.05, 0.1) is 1.37 Å². The second kappa shape index (κ2) is 1.37. The van der Waals surface area contributed by atoms with Crippen molar-refractivity contribution >= 4 is 5.97 Å². The molecule has 2 nitrogen and oxygen atoms in total. The van der Waals surface area contributed by atoms with Crippen LogP contribution in [0.4, 0.5) is 0 Å². The summed E-state index contributed by atoms with van der Waals surface area (Å²) in [6.45, 7) is 1.75. The number of ether oxygens (including phenoxy) is 1. The van der Waals surface area contributed by atoms with Gasteiger partial charge in [0.15, 0.2) is 0 Å². The van der Waals surface area contributed by atoms with E-state index in [0.29, 0.717) is 11.6 Å². The average Bonchev–Trinajstić information content (AvgIpc) is 1.98. The van der Waals surface area contributed by atoms with Gasteiger partial charge in [-0.2, -0.15) is 0 Å². The molecule has 7 heavy (non-hydrogen) atoms. The van der Waals surface area contributed by atoms with E-state index in [0.717, 1.165) is 0 Å². The van der Waals surface area contributed by atoms with Crippen LogP contribution in [0.25, 0.3) is 0 Å². The smallest absolute Gasteiger partial charge is 0.333 e. The molecule has 0 radical (unpaired) electrons. The number of carbonyl (C=O) groups is 1. The van der Waals surface area contributed by atoms with E-state index >= 15 is 0 Å². The van der Waals surface area contributed by atoms with Crippen LogP contribution < -0.4 is 0 Å². The Hall–Kier alpha value is -0.790. The van der Waals surface area contributed by atoms with Crippen LogP contribution in [0, 0.1) is 0 Å². The fourth-order valence-corrected chi connectivity index (χ4v) is 0.390. The molecule has 0 spiro atoms. The topological polar surface area (TPSA) is 26.3 Å². The molecule has 0 unspecified atom stereocenters. The SMILES string of the molecule is [2H]C1=C(C)C(=O)OC1. The minimum absolute atomic E-state index is 0.157. The van der Waals surface area contributed by atoms with Gasteiger partial charge in [0.1, 0.15) is 6.61 Å². The van der Waals surface area contributed by atoms with Gasteiger partial charge >= 0.3 is 5.97 Å². The standard InChI is InChI=1S/C5H6O2/c1-4-2-3-7-5(4)6/h2H,3H2,1H3/i2D. The zero-order valence-electron chi connectivity index (χ0n) is 5.02. The van der Waals surface area contributed by atoms with Crippen molar-refractivity contribution in [3.05, 3.63) is 11.6 Å². The average molecular weight is 99.1 g/mol. The maximum atomic E-state index is 10.4. The predicted molar refractivity (Wildman–Crippen MR) is 24.7 cm³/mol. The molecule has 0 saturated heterocycles. The lowest BCUT2D eigenvalue weighted by Gasteiger charge is -1.85. The van der Waals surface area contributed by atoms with E-state index in [9.17, 15) is 4.79 Å². The van der Waals surface area contributed by atoms with Crippen LogP contribution in [0.1, 0.15) is 8.29 Å². The Morgan fingerprint density at radius 2 is 2.86 bits per heavy atom. The highest BCUT2D eigenvalue weighted by atomic mass is 16.5. The van der Waals surface area contributed by atoms with Gasteiger partial charge in [0.2, 0.25) is 0 Å². The first-order valence-electron chi connectivity index (χ1n) is 2.55. The van der Waals surface area contributed by atoms with Crippen LogP contribution in [0.3, 0.4) is 0 Å². The molecular formula is C5H6O2. The summed E-state index contributed by atoms with van der Waals surface area (Å²) < 4.78 is 11.5. The van der Waals surface area contributed by atoms with Crippen LogP contribution in [-0.4, -0.2) is 12.6 Å². The number of hydrogen-bond donors (Lipinski definition) is 0. The molecule has 2 heteroatoms. The Morgan fingerprint density at radius 1 is 2.14 bits per heavy atom.